The maximum absolute atomic E-state index is 12.8. The van der Waals surface area contributed by atoms with Crippen LogP contribution in [0.1, 0.15) is 36.8 Å². The van der Waals surface area contributed by atoms with Crippen LogP contribution in [0.15, 0.2) is 18.5 Å². The molecule has 0 aliphatic carbocycles. The fourth-order valence-corrected chi connectivity index (χ4v) is 3.22. The Balaban J connectivity index is 1.81. The van der Waals surface area contributed by atoms with Gasteiger partial charge in [-0.2, -0.15) is 0 Å². The summed E-state index contributed by atoms with van der Waals surface area (Å²) in [7, 11) is 0. The molecule has 0 N–H and O–H groups in total. The van der Waals surface area contributed by atoms with Crippen molar-refractivity contribution in [1.29, 1.82) is 0 Å². The number of carbonyl (C=O) groups excluding carboxylic acids is 2. The second-order valence-electron chi connectivity index (χ2n) is 5.91. The molecule has 2 aliphatic rings. The molecule has 0 saturated carbocycles. The van der Waals surface area contributed by atoms with Crippen LogP contribution in [0.25, 0.3) is 0 Å². The zero-order valence-electron chi connectivity index (χ0n) is 12.4. The largest absolute Gasteiger partial charge is 0.336 e. The van der Waals surface area contributed by atoms with Gasteiger partial charge in [-0.3, -0.25) is 14.6 Å². The van der Waals surface area contributed by atoms with Gasteiger partial charge in [0.15, 0.2) is 0 Å². The smallest absolute Gasteiger partial charge is 0.245 e. The van der Waals surface area contributed by atoms with Crippen molar-refractivity contribution in [2.24, 2.45) is 0 Å². The molecule has 3 rings (SSSR count). The number of aryl methyl sites for hydroxylation is 1. The third-order valence-electron chi connectivity index (χ3n) is 4.51. The first-order chi connectivity index (χ1) is 10.2. The molecule has 1 unspecified atom stereocenters. The molecular weight excluding hydrogens is 266 g/mol. The molecule has 112 valence electrons. The Morgan fingerprint density at radius 2 is 2.14 bits per heavy atom. The van der Waals surface area contributed by atoms with E-state index in [2.05, 4.69) is 4.98 Å². The Morgan fingerprint density at radius 1 is 1.29 bits per heavy atom. The molecule has 2 amide bonds. The summed E-state index contributed by atoms with van der Waals surface area (Å²) >= 11 is 0. The lowest BCUT2D eigenvalue weighted by Crippen LogP contribution is -2.49. The first-order valence-electron chi connectivity index (χ1n) is 7.64. The van der Waals surface area contributed by atoms with Crippen molar-refractivity contribution < 1.29 is 9.59 Å². The van der Waals surface area contributed by atoms with E-state index < -0.39 is 0 Å². The van der Waals surface area contributed by atoms with Gasteiger partial charge in [0.2, 0.25) is 11.8 Å². The van der Waals surface area contributed by atoms with Crippen LogP contribution in [0.3, 0.4) is 0 Å². The highest BCUT2D eigenvalue weighted by Crippen LogP contribution is 2.24. The Hall–Kier alpha value is -1.91. The molecular formula is C16H21N3O2. The quantitative estimate of drug-likeness (QED) is 0.828. The lowest BCUT2D eigenvalue weighted by molar-refractivity contribution is -0.143. The van der Waals surface area contributed by atoms with E-state index >= 15 is 0 Å². The van der Waals surface area contributed by atoms with Gasteiger partial charge in [-0.25, -0.2) is 0 Å². The minimum atomic E-state index is -0.240. The molecule has 3 heterocycles. The summed E-state index contributed by atoms with van der Waals surface area (Å²) in [4.78, 5) is 32.7. The lowest BCUT2D eigenvalue weighted by Gasteiger charge is -2.34. The van der Waals surface area contributed by atoms with Gasteiger partial charge in [-0.15, -0.1) is 0 Å². The monoisotopic (exact) mass is 287 g/mol. The van der Waals surface area contributed by atoms with E-state index in [1.54, 1.807) is 11.1 Å². The normalized spacial score (nSPS) is 23.0. The molecule has 1 aromatic heterocycles. The van der Waals surface area contributed by atoms with E-state index in [0.29, 0.717) is 19.5 Å². The predicted molar refractivity (Wildman–Crippen MR) is 78.4 cm³/mol. The molecule has 1 atom stereocenters. The number of hydrogen-bond donors (Lipinski definition) is 0. The summed E-state index contributed by atoms with van der Waals surface area (Å²) in [6.07, 6.45) is 6.85. The average Bonchev–Trinajstić information content (AvgIpc) is 2.62. The Bertz CT molecular complexity index is 558. The van der Waals surface area contributed by atoms with Gasteiger partial charge in [0.05, 0.1) is 0 Å². The van der Waals surface area contributed by atoms with Crippen molar-refractivity contribution in [2.75, 3.05) is 13.1 Å². The molecule has 2 saturated heterocycles. The number of nitrogens with zero attached hydrogens (tertiary/aromatic N) is 3. The van der Waals surface area contributed by atoms with Gasteiger partial charge in [0.25, 0.3) is 0 Å². The van der Waals surface area contributed by atoms with Crippen molar-refractivity contribution in [1.82, 2.24) is 14.8 Å². The molecule has 2 fully saturated rings. The van der Waals surface area contributed by atoms with E-state index in [1.165, 1.54) is 0 Å². The molecule has 5 nitrogen and oxygen atoms in total. The van der Waals surface area contributed by atoms with Gasteiger partial charge in [0.1, 0.15) is 6.04 Å². The summed E-state index contributed by atoms with van der Waals surface area (Å²) in [5, 5.41) is 0. The maximum Gasteiger partial charge on any atom is 0.245 e. The van der Waals surface area contributed by atoms with Crippen molar-refractivity contribution in [3.8, 4) is 0 Å². The van der Waals surface area contributed by atoms with Crippen molar-refractivity contribution >= 4 is 11.8 Å². The van der Waals surface area contributed by atoms with Crippen LogP contribution in [-0.4, -0.2) is 45.7 Å². The fraction of sp³-hybridized carbons (Fsp3) is 0.562. The third kappa shape index (κ3) is 2.77. The van der Waals surface area contributed by atoms with Crippen molar-refractivity contribution in [3.05, 3.63) is 29.6 Å². The van der Waals surface area contributed by atoms with Crippen LogP contribution in [0.4, 0.5) is 0 Å². The molecule has 5 heteroatoms. The summed E-state index contributed by atoms with van der Waals surface area (Å²) in [6, 6.07) is 1.71. The Kier molecular flexibility index (Phi) is 3.90. The summed E-state index contributed by atoms with van der Waals surface area (Å²) in [5.41, 5.74) is 2.19. The first-order valence-corrected chi connectivity index (χ1v) is 7.64. The number of fused-ring (bicyclic) bond motifs is 1. The fourth-order valence-electron chi connectivity index (χ4n) is 3.22. The molecule has 0 aromatic carbocycles. The van der Waals surface area contributed by atoms with Crippen LogP contribution in [0, 0.1) is 6.92 Å². The van der Waals surface area contributed by atoms with Crippen LogP contribution >= 0.6 is 0 Å². The first kappa shape index (κ1) is 14.0. The van der Waals surface area contributed by atoms with E-state index in [4.69, 9.17) is 0 Å². The predicted octanol–water partition coefficient (Wildman–Crippen LogP) is 1.50. The maximum atomic E-state index is 12.8. The number of aromatic nitrogens is 1. The van der Waals surface area contributed by atoms with Crippen molar-refractivity contribution in [3.63, 3.8) is 0 Å². The third-order valence-corrected chi connectivity index (χ3v) is 4.51. The van der Waals surface area contributed by atoms with Gasteiger partial charge < -0.3 is 9.80 Å². The summed E-state index contributed by atoms with van der Waals surface area (Å²) < 4.78 is 0. The van der Waals surface area contributed by atoms with Gasteiger partial charge in [0, 0.05) is 38.4 Å². The highest BCUT2D eigenvalue weighted by Gasteiger charge is 2.37. The zero-order valence-corrected chi connectivity index (χ0v) is 12.4. The number of piperidine rings is 1. The number of hydrogen-bond acceptors (Lipinski definition) is 3. The Morgan fingerprint density at radius 3 is 2.95 bits per heavy atom. The molecule has 0 radical (unpaired) electrons. The standard InChI is InChI=1S/C16H21N3O2/c1-12-10-17-7-5-13(12)11-18-9-6-15(20)19-8-3-2-4-14(19)16(18)21/h5,7,10,14H,2-4,6,8-9,11H2,1H3. The van der Waals surface area contributed by atoms with Gasteiger partial charge in [-0.05, 0) is 43.4 Å². The van der Waals surface area contributed by atoms with Crippen molar-refractivity contribution in [2.45, 2.75) is 45.2 Å². The number of amides is 2. The molecule has 2 aliphatic heterocycles. The minimum absolute atomic E-state index is 0.108. The summed E-state index contributed by atoms with van der Waals surface area (Å²) in [5.74, 6) is 0.235. The van der Waals surface area contributed by atoms with E-state index in [-0.39, 0.29) is 17.9 Å². The number of pyridine rings is 1. The average molecular weight is 287 g/mol. The number of carbonyl (C=O) groups is 2. The molecule has 0 bridgehead atoms. The second-order valence-corrected chi connectivity index (χ2v) is 5.91. The molecule has 0 spiro atoms. The highest BCUT2D eigenvalue weighted by atomic mass is 16.2. The van der Waals surface area contributed by atoms with E-state index in [1.807, 2.05) is 24.1 Å². The zero-order chi connectivity index (χ0) is 14.8. The Labute approximate surface area is 124 Å². The van der Waals surface area contributed by atoms with Gasteiger partial charge in [-0.1, -0.05) is 0 Å². The van der Waals surface area contributed by atoms with E-state index in [9.17, 15) is 9.59 Å². The van der Waals surface area contributed by atoms with E-state index in [0.717, 1.165) is 36.9 Å². The molecule has 21 heavy (non-hydrogen) atoms. The van der Waals surface area contributed by atoms with Crippen LogP contribution in [0.5, 0.6) is 0 Å². The number of rotatable bonds is 2. The van der Waals surface area contributed by atoms with Crippen LogP contribution in [-0.2, 0) is 16.1 Å². The second kappa shape index (κ2) is 5.84. The van der Waals surface area contributed by atoms with Crippen LogP contribution < -0.4 is 0 Å². The highest BCUT2D eigenvalue weighted by molar-refractivity contribution is 5.90. The van der Waals surface area contributed by atoms with Crippen LogP contribution in [0.2, 0.25) is 0 Å². The van der Waals surface area contributed by atoms with Gasteiger partial charge >= 0.3 is 0 Å². The minimum Gasteiger partial charge on any atom is -0.336 e. The SMILES string of the molecule is Cc1cnccc1CN1CCC(=O)N2CCCCC2C1=O. The lowest BCUT2D eigenvalue weighted by atomic mass is 10.0. The molecule has 1 aromatic rings. The topological polar surface area (TPSA) is 53.5 Å². The summed E-state index contributed by atoms with van der Waals surface area (Å²) in [6.45, 7) is 3.83.